The molecule has 0 aliphatic carbocycles. The fourth-order valence-corrected chi connectivity index (χ4v) is 2.77. The molecule has 0 spiro atoms. The summed E-state index contributed by atoms with van der Waals surface area (Å²) in [5, 5.41) is 5.11. The van der Waals surface area contributed by atoms with E-state index in [1.807, 2.05) is 12.1 Å². The van der Waals surface area contributed by atoms with Crippen LogP contribution in [0.1, 0.15) is 17.5 Å². The first-order chi connectivity index (χ1) is 14.0. The minimum Gasteiger partial charge on any atom is -0.459 e. The zero-order valence-corrected chi connectivity index (χ0v) is 16.1. The number of carbonyl (C=O) groups is 3. The number of anilines is 2. The van der Waals surface area contributed by atoms with Crippen molar-refractivity contribution in [1.82, 2.24) is 5.32 Å². The fraction of sp³-hybridized carbons (Fsp3) is 0.350. The Bertz CT molecular complexity index is 828. The fourth-order valence-electron chi connectivity index (χ4n) is 2.77. The van der Waals surface area contributed by atoms with Crippen LogP contribution < -0.4 is 15.5 Å². The third kappa shape index (κ3) is 5.82. The highest BCUT2D eigenvalue weighted by Gasteiger charge is 2.20. The number of amides is 2. The molecule has 1 aliphatic heterocycles. The van der Waals surface area contributed by atoms with E-state index in [4.69, 9.17) is 13.9 Å². The van der Waals surface area contributed by atoms with E-state index in [0.29, 0.717) is 18.9 Å². The minimum absolute atomic E-state index is 0.0860. The van der Waals surface area contributed by atoms with E-state index in [2.05, 4.69) is 15.5 Å². The number of rotatable bonds is 7. The number of hydrogen-bond donors (Lipinski definition) is 2. The summed E-state index contributed by atoms with van der Waals surface area (Å²) in [4.78, 5) is 38.0. The summed E-state index contributed by atoms with van der Waals surface area (Å²) in [5.74, 6) is -1.64. The second kappa shape index (κ2) is 9.74. The Balaban J connectivity index is 1.41. The number of hydrogen-bond acceptors (Lipinski definition) is 7. The highest BCUT2D eigenvalue weighted by atomic mass is 16.5. The third-order valence-corrected chi connectivity index (χ3v) is 4.32. The van der Waals surface area contributed by atoms with Crippen molar-refractivity contribution in [2.45, 2.75) is 13.0 Å². The van der Waals surface area contributed by atoms with Gasteiger partial charge in [-0.2, -0.15) is 0 Å². The third-order valence-electron chi connectivity index (χ3n) is 4.32. The lowest BCUT2D eigenvalue weighted by atomic mass is 10.2. The van der Waals surface area contributed by atoms with Crippen LogP contribution in [0.3, 0.4) is 0 Å². The number of benzene rings is 1. The van der Waals surface area contributed by atoms with Gasteiger partial charge in [0, 0.05) is 24.5 Å². The maximum atomic E-state index is 12.0. The molecule has 29 heavy (non-hydrogen) atoms. The number of nitrogens with zero attached hydrogens (tertiary/aromatic N) is 1. The molecular weight excluding hydrogens is 378 g/mol. The van der Waals surface area contributed by atoms with E-state index >= 15 is 0 Å². The normalized spacial score (nSPS) is 14.7. The van der Waals surface area contributed by atoms with Gasteiger partial charge in [0.15, 0.2) is 12.4 Å². The molecule has 1 aromatic carbocycles. The van der Waals surface area contributed by atoms with Crippen molar-refractivity contribution in [3.8, 4) is 0 Å². The monoisotopic (exact) mass is 401 g/mol. The smallest absolute Gasteiger partial charge is 0.328 e. The van der Waals surface area contributed by atoms with Gasteiger partial charge in [-0.3, -0.25) is 9.59 Å². The van der Waals surface area contributed by atoms with Crippen molar-refractivity contribution >= 4 is 29.2 Å². The van der Waals surface area contributed by atoms with E-state index in [0.717, 1.165) is 18.8 Å². The van der Waals surface area contributed by atoms with E-state index in [9.17, 15) is 14.4 Å². The summed E-state index contributed by atoms with van der Waals surface area (Å²) in [6, 6.07) is 9.53. The molecule has 2 amide bonds. The first kappa shape index (κ1) is 20.4. The lowest BCUT2D eigenvalue weighted by molar-refractivity contribution is -0.148. The summed E-state index contributed by atoms with van der Waals surface area (Å²) >= 11 is 0. The van der Waals surface area contributed by atoms with Gasteiger partial charge in [-0.15, -0.1) is 0 Å². The van der Waals surface area contributed by atoms with Crippen LogP contribution in [0.15, 0.2) is 47.1 Å². The first-order valence-corrected chi connectivity index (χ1v) is 9.26. The van der Waals surface area contributed by atoms with E-state index in [-0.39, 0.29) is 5.76 Å². The number of furan rings is 1. The van der Waals surface area contributed by atoms with Crippen LogP contribution in [0.4, 0.5) is 11.4 Å². The molecule has 0 bridgehead atoms. The van der Waals surface area contributed by atoms with Gasteiger partial charge in [-0.05, 0) is 43.3 Å². The van der Waals surface area contributed by atoms with Crippen LogP contribution >= 0.6 is 0 Å². The molecule has 0 saturated carbocycles. The van der Waals surface area contributed by atoms with Crippen molar-refractivity contribution in [1.29, 1.82) is 0 Å². The molecule has 2 heterocycles. The van der Waals surface area contributed by atoms with E-state index < -0.39 is 30.4 Å². The summed E-state index contributed by atoms with van der Waals surface area (Å²) in [6.07, 6.45) is 1.36. The average Bonchev–Trinajstić information content (AvgIpc) is 3.28. The second-order valence-electron chi connectivity index (χ2n) is 6.47. The zero-order chi connectivity index (χ0) is 20.6. The van der Waals surface area contributed by atoms with Gasteiger partial charge in [0.2, 0.25) is 0 Å². The molecule has 1 aromatic heterocycles. The van der Waals surface area contributed by atoms with Crippen LogP contribution in [-0.2, 0) is 19.1 Å². The Labute approximate surface area is 167 Å². The van der Waals surface area contributed by atoms with Crippen molar-refractivity contribution in [2.24, 2.45) is 0 Å². The molecular formula is C20H23N3O6. The van der Waals surface area contributed by atoms with Crippen molar-refractivity contribution in [3.63, 3.8) is 0 Å². The molecule has 154 valence electrons. The molecule has 1 fully saturated rings. The number of ether oxygens (including phenoxy) is 2. The summed E-state index contributed by atoms with van der Waals surface area (Å²) < 4.78 is 15.2. The number of nitrogens with one attached hydrogen (secondary N) is 2. The lowest BCUT2D eigenvalue weighted by Crippen LogP contribution is -2.40. The summed E-state index contributed by atoms with van der Waals surface area (Å²) in [7, 11) is 0. The van der Waals surface area contributed by atoms with Crippen LogP contribution in [-0.4, -0.2) is 56.7 Å². The molecule has 1 atom stereocenters. The Morgan fingerprint density at radius 3 is 2.52 bits per heavy atom. The Kier molecular flexibility index (Phi) is 6.85. The maximum Gasteiger partial charge on any atom is 0.328 e. The number of morpholine rings is 1. The predicted octanol–water partition coefficient (Wildman–Crippen LogP) is 1.42. The van der Waals surface area contributed by atoms with Gasteiger partial charge in [-0.1, -0.05) is 0 Å². The topological polar surface area (TPSA) is 110 Å². The Hall–Kier alpha value is -3.33. The van der Waals surface area contributed by atoms with Gasteiger partial charge < -0.3 is 29.4 Å². The van der Waals surface area contributed by atoms with Crippen LogP contribution in [0.25, 0.3) is 0 Å². The molecule has 3 rings (SSSR count). The summed E-state index contributed by atoms with van der Waals surface area (Å²) in [5.41, 5.74) is 1.65. The average molecular weight is 401 g/mol. The Morgan fingerprint density at radius 1 is 1.14 bits per heavy atom. The largest absolute Gasteiger partial charge is 0.459 e. The molecule has 1 aliphatic rings. The first-order valence-electron chi connectivity index (χ1n) is 9.26. The predicted molar refractivity (Wildman–Crippen MR) is 105 cm³/mol. The van der Waals surface area contributed by atoms with Gasteiger partial charge in [0.05, 0.1) is 19.5 Å². The van der Waals surface area contributed by atoms with Crippen LogP contribution in [0.5, 0.6) is 0 Å². The Morgan fingerprint density at radius 2 is 1.86 bits per heavy atom. The second-order valence-corrected chi connectivity index (χ2v) is 6.47. The summed E-state index contributed by atoms with van der Waals surface area (Å²) in [6.45, 7) is 4.07. The molecule has 0 radical (unpaired) electrons. The van der Waals surface area contributed by atoms with Gasteiger partial charge in [0.25, 0.3) is 11.8 Å². The highest BCUT2D eigenvalue weighted by molar-refractivity contribution is 5.95. The quantitative estimate of drug-likeness (QED) is 0.675. The van der Waals surface area contributed by atoms with Crippen molar-refractivity contribution in [3.05, 3.63) is 48.4 Å². The molecule has 1 saturated heterocycles. The SMILES string of the molecule is C[C@H](NC(=O)c1ccco1)C(=O)OCC(=O)Nc1ccc(N2CCOCC2)cc1. The van der Waals surface area contributed by atoms with E-state index in [1.54, 1.807) is 18.2 Å². The van der Waals surface area contributed by atoms with Gasteiger partial charge in [0.1, 0.15) is 6.04 Å². The standard InChI is InChI=1S/C20H23N3O6/c1-14(21-19(25)17-3-2-10-28-17)20(26)29-13-18(24)22-15-4-6-16(7-5-15)23-8-11-27-12-9-23/h2-7,10,14H,8-9,11-13H2,1H3,(H,21,25)(H,22,24)/t14-/m0/s1. The molecule has 2 N–H and O–H groups in total. The lowest BCUT2D eigenvalue weighted by Gasteiger charge is -2.28. The van der Waals surface area contributed by atoms with E-state index in [1.165, 1.54) is 19.3 Å². The van der Waals surface area contributed by atoms with Crippen molar-refractivity contribution < 1.29 is 28.3 Å². The van der Waals surface area contributed by atoms with Crippen LogP contribution in [0, 0.1) is 0 Å². The molecule has 0 unspecified atom stereocenters. The van der Waals surface area contributed by atoms with Gasteiger partial charge >= 0.3 is 5.97 Å². The zero-order valence-electron chi connectivity index (χ0n) is 16.1. The molecule has 9 heteroatoms. The molecule has 9 nitrogen and oxygen atoms in total. The highest BCUT2D eigenvalue weighted by Crippen LogP contribution is 2.19. The van der Waals surface area contributed by atoms with Crippen LogP contribution in [0.2, 0.25) is 0 Å². The number of carbonyl (C=O) groups excluding carboxylic acids is 3. The van der Waals surface area contributed by atoms with Gasteiger partial charge in [-0.25, -0.2) is 4.79 Å². The maximum absolute atomic E-state index is 12.0. The molecule has 2 aromatic rings. The number of esters is 1. The minimum atomic E-state index is -0.923. The van der Waals surface area contributed by atoms with Crippen molar-refractivity contribution in [2.75, 3.05) is 43.1 Å².